The Morgan fingerprint density at radius 1 is 1.38 bits per heavy atom. The Hall–Kier alpha value is -1.81. The van der Waals surface area contributed by atoms with E-state index in [1.54, 1.807) is 12.1 Å². The molecule has 0 amide bonds. The Kier molecular flexibility index (Phi) is 2.66. The van der Waals surface area contributed by atoms with Crippen LogP contribution in [0.2, 0.25) is 0 Å². The summed E-state index contributed by atoms with van der Waals surface area (Å²) >= 11 is 0. The number of carbonyl (C=O) groups is 1. The second-order valence-corrected chi connectivity index (χ2v) is 3.94. The van der Waals surface area contributed by atoms with E-state index in [1.165, 1.54) is 0 Å². The first-order valence-corrected chi connectivity index (χ1v) is 4.98. The number of carboxylic acids is 1. The first kappa shape index (κ1) is 10.7. The van der Waals surface area contributed by atoms with Crippen LogP contribution in [0.1, 0.15) is 16.1 Å². The smallest absolute Gasteiger partial charge is 0.339 e. The van der Waals surface area contributed by atoms with Gasteiger partial charge in [-0.2, -0.15) is 0 Å². The van der Waals surface area contributed by atoms with Crippen LogP contribution in [0.15, 0.2) is 28.7 Å². The third-order valence-electron chi connectivity index (χ3n) is 2.34. The summed E-state index contributed by atoms with van der Waals surface area (Å²) in [6.07, 6.45) is 0. The number of hydrogen-bond donors (Lipinski definition) is 1. The van der Waals surface area contributed by atoms with Crippen molar-refractivity contribution in [3.05, 3.63) is 35.6 Å². The highest BCUT2D eigenvalue weighted by molar-refractivity contribution is 6.03. The molecule has 0 spiro atoms. The molecular weight excluding hydrogens is 206 g/mol. The molecule has 0 saturated carbocycles. The van der Waals surface area contributed by atoms with Gasteiger partial charge in [0.1, 0.15) is 16.9 Å². The molecule has 0 saturated heterocycles. The summed E-state index contributed by atoms with van der Waals surface area (Å²) < 4.78 is 5.55. The van der Waals surface area contributed by atoms with Gasteiger partial charge in [0.15, 0.2) is 0 Å². The summed E-state index contributed by atoms with van der Waals surface area (Å²) in [7, 11) is 3.75. The number of rotatable bonds is 3. The molecule has 1 N–H and O–H groups in total. The monoisotopic (exact) mass is 219 g/mol. The van der Waals surface area contributed by atoms with Gasteiger partial charge in [-0.1, -0.05) is 18.2 Å². The van der Waals surface area contributed by atoms with Crippen molar-refractivity contribution in [2.24, 2.45) is 0 Å². The maximum absolute atomic E-state index is 11.2. The summed E-state index contributed by atoms with van der Waals surface area (Å²) in [6.45, 7) is 0.482. The highest BCUT2D eigenvalue weighted by Gasteiger charge is 2.19. The summed E-state index contributed by atoms with van der Waals surface area (Å²) in [6, 6.07) is 7.18. The van der Waals surface area contributed by atoms with Crippen LogP contribution in [0.3, 0.4) is 0 Å². The van der Waals surface area contributed by atoms with E-state index in [-0.39, 0.29) is 5.56 Å². The Morgan fingerprint density at radius 3 is 2.69 bits per heavy atom. The van der Waals surface area contributed by atoms with Crippen molar-refractivity contribution in [2.75, 3.05) is 14.1 Å². The third-order valence-corrected chi connectivity index (χ3v) is 2.34. The van der Waals surface area contributed by atoms with Crippen LogP contribution in [0, 0.1) is 0 Å². The minimum atomic E-state index is -0.943. The molecule has 1 heterocycles. The predicted octanol–water partition coefficient (Wildman–Crippen LogP) is 2.19. The molecule has 0 aliphatic heterocycles. The van der Waals surface area contributed by atoms with Gasteiger partial charge in [0.2, 0.25) is 0 Å². The molecule has 0 bridgehead atoms. The maximum atomic E-state index is 11.2. The molecule has 84 valence electrons. The first-order chi connectivity index (χ1) is 7.59. The quantitative estimate of drug-likeness (QED) is 0.859. The number of furan rings is 1. The lowest BCUT2D eigenvalue weighted by atomic mass is 10.1. The molecule has 0 fully saturated rings. The van der Waals surface area contributed by atoms with Crippen molar-refractivity contribution in [1.29, 1.82) is 0 Å². The van der Waals surface area contributed by atoms with E-state index >= 15 is 0 Å². The molecule has 4 nitrogen and oxygen atoms in total. The van der Waals surface area contributed by atoms with Crippen LogP contribution in [0.5, 0.6) is 0 Å². The fourth-order valence-corrected chi connectivity index (χ4v) is 1.73. The molecule has 0 atom stereocenters. The standard InChI is InChI=1S/C12H13NO3/c1-13(2)7-10-11(12(14)15)8-5-3-4-6-9(8)16-10/h3-6H,7H2,1-2H3,(H,14,15). The lowest BCUT2D eigenvalue weighted by Crippen LogP contribution is -2.12. The zero-order valence-electron chi connectivity index (χ0n) is 9.23. The van der Waals surface area contributed by atoms with Crippen LogP contribution < -0.4 is 0 Å². The van der Waals surface area contributed by atoms with Gasteiger partial charge in [0, 0.05) is 5.39 Å². The van der Waals surface area contributed by atoms with Gasteiger partial charge in [-0.3, -0.25) is 0 Å². The number of para-hydroxylation sites is 1. The average molecular weight is 219 g/mol. The number of nitrogens with zero attached hydrogens (tertiary/aromatic N) is 1. The number of aromatic carboxylic acids is 1. The molecular formula is C12H13NO3. The molecule has 2 aromatic rings. The molecule has 0 radical (unpaired) electrons. The average Bonchev–Trinajstić information content (AvgIpc) is 2.53. The zero-order valence-corrected chi connectivity index (χ0v) is 9.23. The van der Waals surface area contributed by atoms with Gasteiger partial charge in [-0.15, -0.1) is 0 Å². The Labute approximate surface area is 93.1 Å². The number of carboxylic acid groups (broad SMARTS) is 1. The van der Waals surface area contributed by atoms with Gasteiger partial charge < -0.3 is 14.4 Å². The summed E-state index contributed by atoms with van der Waals surface area (Å²) in [5.41, 5.74) is 0.890. The first-order valence-electron chi connectivity index (χ1n) is 4.98. The number of fused-ring (bicyclic) bond motifs is 1. The highest BCUT2D eigenvalue weighted by atomic mass is 16.4. The zero-order chi connectivity index (χ0) is 11.7. The summed E-state index contributed by atoms with van der Waals surface area (Å²) in [4.78, 5) is 13.1. The lowest BCUT2D eigenvalue weighted by molar-refractivity contribution is 0.0695. The van der Waals surface area contributed by atoms with Crippen molar-refractivity contribution >= 4 is 16.9 Å². The van der Waals surface area contributed by atoms with E-state index in [0.29, 0.717) is 23.3 Å². The highest BCUT2D eigenvalue weighted by Crippen LogP contribution is 2.26. The summed E-state index contributed by atoms with van der Waals surface area (Å²) in [5.74, 6) is -0.444. The third kappa shape index (κ3) is 1.79. The van der Waals surface area contributed by atoms with Crippen LogP contribution in [-0.4, -0.2) is 30.1 Å². The van der Waals surface area contributed by atoms with Crippen LogP contribution in [0.25, 0.3) is 11.0 Å². The predicted molar refractivity (Wildman–Crippen MR) is 60.6 cm³/mol. The van der Waals surface area contributed by atoms with Gasteiger partial charge in [0.25, 0.3) is 0 Å². The molecule has 0 aliphatic carbocycles. The van der Waals surface area contributed by atoms with Crippen molar-refractivity contribution in [3.8, 4) is 0 Å². The van der Waals surface area contributed by atoms with Gasteiger partial charge >= 0.3 is 5.97 Å². The Bertz CT molecular complexity index is 528. The van der Waals surface area contributed by atoms with Crippen LogP contribution in [-0.2, 0) is 6.54 Å². The molecule has 4 heteroatoms. The molecule has 0 unspecified atom stereocenters. The van der Waals surface area contributed by atoms with Gasteiger partial charge in [-0.25, -0.2) is 4.79 Å². The fraction of sp³-hybridized carbons (Fsp3) is 0.250. The van der Waals surface area contributed by atoms with Crippen molar-refractivity contribution in [1.82, 2.24) is 4.90 Å². The minimum absolute atomic E-state index is 0.268. The van der Waals surface area contributed by atoms with E-state index in [0.717, 1.165) is 0 Å². The summed E-state index contributed by atoms with van der Waals surface area (Å²) in [5, 5.41) is 9.85. The van der Waals surface area contributed by atoms with Crippen molar-refractivity contribution in [2.45, 2.75) is 6.54 Å². The lowest BCUT2D eigenvalue weighted by Gasteiger charge is -2.06. The molecule has 0 aliphatic rings. The van der Waals surface area contributed by atoms with Crippen molar-refractivity contribution < 1.29 is 14.3 Å². The largest absolute Gasteiger partial charge is 0.478 e. The molecule has 1 aromatic heterocycles. The van der Waals surface area contributed by atoms with E-state index < -0.39 is 5.97 Å². The van der Waals surface area contributed by atoms with Crippen LogP contribution in [0.4, 0.5) is 0 Å². The van der Waals surface area contributed by atoms with Crippen LogP contribution >= 0.6 is 0 Å². The topological polar surface area (TPSA) is 53.7 Å². The second-order valence-electron chi connectivity index (χ2n) is 3.94. The van der Waals surface area contributed by atoms with Gasteiger partial charge in [0.05, 0.1) is 6.54 Å². The SMILES string of the molecule is CN(C)Cc1oc2ccccc2c1C(=O)O. The molecule has 16 heavy (non-hydrogen) atoms. The Balaban J connectivity index is 2.63. The van der Waals surface area contributed by atoms with Crippen molar-refractivity contribution in [3.63, 3.8) is 0 Å². The molecule has 1 aromatic carbocycles. The minimum Gasteiger partial charge on any atom is -0.478 e. The normalized spacial score (nSPS) is 11.2. The van der Waals surface area contributed by atoms with E-state index in [1.807, 2.05) is 31.1 Å². The maximum Gasteiger partial charge on any atom is 0.339 e. The second kappa shape index (κ2) is 3.98. The van der Waals surface area contributed by atoms with Gasteiger partial charge in [-0.05, 0) is 20.2 Å². The Morgan fingerprint density at radius 2 is 2.06 bits per heavy atom. The number of hydrogen-bond acceptors (Lipinski definition) is 3. The fourth-order valence-electron chi connectivity index (χ4n) is 1.73. The van der Waals surface area contributed by atoms with E-state index in [2.05, 4.69) is 0 Å². The van der Waals surface area contributed by atoms with E-state index in [4.69, 9.17) is 4.42 Å². The molecule has 2 rings (SSSR count). The van der Waals surface area contributed by atoms with E-state index in [9.17, 15) is 9.90 Å². The number of benzene rings is 1.